The van der Waals surface area contributed by atoms with E-state index in [-0.39, 0.29) is 18.4 Å². The summed E-state index contributed by atoms with van der Waals surface area (Å²) >= 11 is 0. The van der Waals surface area contributed by atoms with Gasteiger partial charge in [-0.1, -0.05) is 0 Å². The van der Waals surface area contributed by atoms with Crippen molar-refractivity contribution >= 4 is 11.8 Å². The zero-order valence-electron chi connectivity index (χ0n) is 12.4. The second-order valence-electron chi connectivity index (χ2n) is 5.51. The maximum absolute atomic E-state index is 12.8. The Hall–Kier alpha value is -2.50. The largest absolute Gasteiger partial charge is 0.468 e. The highest BCUT2D eigenvalue weighted by atomic mass is 16.3. The first-order valence-corrected chi connectivity index (χ1v) is 7.28. The molecule has 0 aliphatic carbocycles. The van der Waals surface area contributed by atoms with Crippen molar-refractivity contribution in [2.45, 2.75) is 32.2 Å². The van der Waals surface area contributed by atoms with Crippen molar-refractivity contribution in [1.29, 1.82) is 0 Å². The monoisotopic (exact) mass is 302 g/mol. The first-order chi connectivity index (χ1) is 10.6. The third-order valence-corrected chi connectivity index (χ3v) is 3.91. The van der Waals surface area contributed by atoms with E-state index < -0.39 is 5.91 Å². The first kappa shape index (κ1) is 14.4. The van der Waals surface area contributed by atoms with E-state index in [2.05, 4.69) is 0 Å². The highest BCUT2D eigenvalue weighted by Gasteiger charge is 2.34. The second kappa shape index (κ2) is 5.71. The van der Waals surface area contributed by atoms with Gasteiger partial charge in [0.15, 0.2) is 0 Å². The summed E-state index contributed by atoms with van der Waals surface area (Å²) in [6.07, 6.45) is 3.11. The number of hydrogen-bond acceptors (Lipinski definition) is 4. The van der Waals surface area contributed by atoms with Gasteiger partial charge < -0.3 is 19.5 Å². The molecule has 0 radical (unpaired) electrons. The summed E-state index contributed by atoms with van der Waals surface area (Å²) in [7, 11) is 0. The molecule has 2 amide bonds. The van der Waals surface area contributed by atoms with Gasteiger partial charge in [0.2, 0.25) is 5.91 Å². The molecule has 2 aromatic rings. The molecule has 1 unspecified atom stereocenters. The van der Waals surface area contributed by atoms with Gasteiger partial charge in [-0.2, -0.15) is 0 Å². The van der Waals surface area contributed by atoms with Gasteiger partial charge in [0.1, 0.15) is 17.3 Å². The molecule has 22 heavy (non-hydrogen) atoms. The Balaban J connectivity index is 1.85. The van der Waals surface area contributed by atoms with Crippen molar-refractivity contribution < 1.29 is 18.4 Å². The van der Waals surface area contributed by atoms with E-state index in [1.54, 1.807) is 11.0 Å². The minimum Gasteiger partial charge on any atom is -0.468 e. The molecular weight excluding hydrogens is 284 g/mol. The standard InChI is InChI=1S/C16H18N2O4/c1-10-4-5-13(22-10)12-3-2-7-18(12)16(20)11-6-8-21-14(11)9-15(17)19/h4-6,8,12H,2-3,7,9H2,1H3,(H2,17,19). The fourth-order valence-corrected chi connectivity index (χ4v) is 2.92. The SMILES string of the molecule is Cc1ccc(C2CCCN2C(=O)c2ccoc2CC(N)=O)o1. The lowest BCUT2D eigenvalue weighted by atomic mass is 10.1. The van der Waals surface area contributed by atoms with Gasteiger partial charge in [-0.3, -0.25) is 9.59 Å². The van der Waals surface area contributed by atoms with Crippen LogP contribution in [0.25, 0.3) is 0 Å². The van der Waals surface area contributed by atoms with Gasteiger partial charge in [-0.05, 0) is 38.0 Å². The summed E-state index contributed by atoms with van der Waals surface area (Å²) < 4.78 is 10.9. The van der Waals surface area contributed by atoms with Crippen LogP contribution in [0.15, 0.2) is 33.3 Å². The van der Waals surface area contributed by atoms with E-state index in [0.29, 0.717) is 17.9 Å². The van der Waals surface area contributed by atoms with Gasteiger partial charge in [-0.25, -0.2) is 0 Å². The molecular formula is C16H18N2O4. The normalized spacial score (nSPS) is 17.9. The van der Waals surface area contributed by atoms with E-state index in [1.165, 1.54) is 6.26 Å². The molecule has 2 N–H and O–H groups in total. The molecule has 1 aliphatic rings. The molecule has 2 aromatic heterocycles. The van der Waals surface area contributed by atoms with E-state index in [0.717, 1.165) is 24.4 Å². The summed E-state index contributed by atoms with van der Waals surface area (Å²) in [6, 6.07) is 5.32. The Morgan fingerprint density at radius 3 is 2.86 bits per heavy atom. The summed E-state index contributed by atoms with van der Waals surface area (Å²) in [5.74, 6) is 1.26. The van der Waals surface area contributed by atoms with Gasteiger partial charge in [0.05, 0.1) is 24.3 Å². The van der Waals surface area contributed by atoms with Crippen molar-refractivity contribution in [3.8, 4) is 0 Å². The number of carbonyl (C=O) groups excluding carboxylic acids is 2. The number of rotatable bonds is 4. The highest BCUT2D eigenvalue weighted by Crippen LogP contribution is 2.34. The highest BCUT2D eigenvalue weighted by molar-refractivity contribution is 5.96. The number of primary amides is 1. The number of nitrogens with zero attached hydrogens (tertiary/aromatic N) is 1. The Bertz CT molecular complexity index is 701. The van der Waals surface area contributed by atoms with Gasteiger partial charge in [-0.15, -0.1) is 0 Å². The molecule has 1 saturated heterocycles. The number of nitrogens with two attached hydrogens (primary N) is 1. The molecule has 1 atom stereocenters. The summed E-state index contributed by atoms with van der Waals surface area (Å²) in [6.45, 7) is 2.54. The molecule has 1 aliphatic heterocycles. The zero-order chi connectivity index (χ0) is 15.7. The maximum atomic E-state index is 12.8. The van der Waals surface area contributed by atoms with Gasteiger partial charge in [0.25, 0.3) is 5.91 Å². The topological polar surface area (TPSA) is 89.7 Å². The molecule has 6 heteroatoms. The van der Waals surface area contributed by atoms with Crippen LogP contribution in [0.4, 0.5) is 0 Å². The number of carbonyl (C=O) groups is 2. The molecule has 3 heterocycles. The summed E-state index contributed by atoms with van der Waals surface area (Å²) in [4.78, 5) is 25.6. The molecule has 0 bridgehead atoms. The Kier molecular flexibility index (Phi) is 3.75. The summed E-state index contributed by atoms with van der Waals surface area (Å²) in [5, 5.41) is 0. The van der Waals surface area contributed by atoms with E-state index in [9.17, 15) is 9.59 Å². The molecule has 0 spiro atoms. The second-order valence-corrected chi connectivity index (χ2v) is 5.51. The van der Waals surface area contributed by atoms with Crippen LogP contribution >= 0.6 is 0 Å². The lowest BCUT2D eigenvalue weighted by Gasteiger charge is -2.23. The molecule has 0 saturated carbocycles. The van der Waals surface area contributed by atoms with Crippen molar-refractivity contribution in [3.05, 3.63) is 47.3 Å². The van der Waals surface area contributed by atoms with Crippen LogP contribution in [0.1, 0.15) is 46.5 Å². The number of aryl methyl sites for hydroxylation is 1. The molecule has 6 nitrogen and oxygen atoms in total. The Morgan fingerprint density at radius 1 is 1.36 bits per heavy atom. The van der Waals surface area contributed by atoms with Crippen molar-refractivity contribution in [1.82, 2.24) is 4.90 Å². The quantitative estimate of drug-likeness (QED) is 0.937. The van der Waals surface area contributed by atoms with Gasteiger partial charge >= 0.3 is 0 Å². The molecule has 0 aromatic carbocycles. The fourth-order valence-electron chi connectivity index (χ4n) is 2.92. The molecule has 3 rings (SSSR count). The van der Waals surface area contributed by atoms with Crippen LogP contribution in [-0.4, -0.2) is 23.3 Å². The minimum atomic E-state index is -0.524. The maximum Gasteiger partial charge on any atom is 0.258 e. The number of likely N-dealkylation sites (tertiary alicyclic amines) is 1. The third kappa shape index (κ3) is 2.64. The first-order valence-electron chi connectivity index (χ1n) is 7.28. The van der Waals surface area contributed by atoms with Crippen LogP contribution < -0.4 is 5.73 Å². The van der Waals surface area contributed by atoms with Crippen molar-refractivity contribution in [3.63, 3.8) is 0 Å². The molecule has 116 valence electrons. The Labute approximate surface area is 127 Å². The fraction of sp³-hybridized carbons (Fsp3) is 0.375. The van der Waals surface area contributed by atoms with Crippen LogP contribution in [0.2, 0.25) is 0 Å². The van der Waals surface area contributed by atoms with Crippen molar-refractivity contribution in [2.75, 3.05) is 6.54 Å². The average Bonchev–Trinajstić information content (AvgIpc) is 3.16. The smallest absolute Gasteiger partial charge is 0.258 e. The lowest BCUT2D eigenvalue weighted by Crippen LogP contribution is -2.31. The van der Waals surface area contributed by atoms with Gasteiger partial charge in [0, 0.05) is 6.54 Å². The predicted octanol–water partition coefficient (Wildman–Crippen LogP) is 2.19. The minimum absolute atomic E-state index is 0.0717. The van der Waals surface area contributed by atoms with Crippen LogP contribution in [0.3, 0.4) is 0 Å². The number of hydrogen-bond donors (Lipinski definition) is 1. The van der Waals surface area contributed by atoms with E-state index in [1.807, 2.05) is 19.1 Å². The van der Waals surface area contributed by atoms with E-state index >= 15 is 0 Å². The Morgan fingerprint density at radius 2 is 2.18 bits per heavy atom. The molecule has 1 fully saturated rings. The van der Waals surface area contributed by atoms with E-state index in [4.69, 9.17) is 14.6 Å². The number of amides is 2. The van der Waals surface area contributed by atoms with Crippen LogP contribution in [0.5, 0.6) is 0 Å². The third-order valence-electron chi connectivity index (χ3n) is 3.91. The number of furan rings is 2. The predicted molar refractivity (Wildman–Crippen MR) is 78.1 cm³/mol. The zero-order valence-corrected chi connectivity index (χ0v) is 12.4. The summed E-state index contributed by atoms with van der Waals surface area (Å²) in [5.41, 5.74) is 5.59. The van der Waals surface area contributed by atoms with Crippen molar-refractivity contribution in [2.24, 2.45) is 5.73 Å². The van der Waals surface area contributed by atoms with Crippen LogP contribution in [0, 0.1) is 6.92 Å². The van der Waals surface area contributed by atoms with Crippen LogP contribution in [-0.2, 0) is 11.2 Å². The lowest BCUT2D eigenvalue weighted by molar-refractivity contribution is -0.117. The average molecular weight is 302 g/mol.